The van der Waals surface area contributed by atoms with Gasteiger partial charge in [-0.15, -0.1) is 0 Å². The summed E-state index contributed by atoms with van der Waals surface area (Å²) in [6.45, 7) is 1.80. The van der Waals surface area contributed by atoms with Crippen LogP contribution in [0.15, 0.2) is 45.8 Å². The van der Waals surface area contributed by atoms with E-state index in [1.165, 1.54) is 0 Å². The molecule has 0 heterocycles. The Bertz CT molecular complexity index is 868. The standard InChI is InChI=1S/C15H13BrFNO4S/c1-9-7-11(4-6-13(9)16)18-23(20,21)14-8-10(17)3-5-12(14)15(19)22-2/h3-8,18H,1-2H3. The number of sulfonamides is 1. The number of methoxy groups -OCH3 is 1. The number of rotatable bonds is 4. The highest BCUT2D eigenvalue weighted by Crippen LogP contribution is 2.24. The quantitative estimate of drug-likeness (QED) is 0.795. The summed E-state index contributed by atoms with van der Waals surface area (Å²) < 4.78 is 46.1. The number of halogens is 2. The van der Waals surface area contributed by atoms with Crippen LogP contribution < -0.4 is 4.72 Å². The summed E-state index contributed by atoms with van der Waals surface area (Å²) in [5.41, 5.74) is 0.874. The van der Waals surface area contributed by atoms with Gasteiger partial charge in [0, 0.05) is 10.2 Å². The second-order valence-electron chi connectivity index (χ2n) is 4.70. The van der Waals surface area contributed by atoms with Gasteiger partial charge in [0.15, 0.2) is 0 Å². The van der Waals surface area contributed by atoms with Crippen LogP contribution in [0.2, 0.25) is 0 Å². The average Bonchev–Trinajstić information content (AvgIpc) is 2.50. The molecule has 0 aliphatic rings. The Morgan fingerprint density at radius 1 is 1.22 bits per heavy atom. The van der Waals surface area contributed by atoms with Crippen molar-refractivity contribution in [1.29, 1.82) is 0 Å². The van der Waals surface area contributed by atoms with Gasteiger partial charge in [0.05, 0.1) is 12.7 Å². The van der Waals surface area contributed by atoms with Gasteiger partial charge >= 0.3 is 5.97 Å². The molecule has 0 saturated carbocycles. The van der Waals surface area contributed by atoms with Crippen LogP contribution in [0.1, 0.15) is 15.9 Å². The monoisotopic (exact) mass is 401 g/mol. The number of nitrogens with one attached hydrogen (secondary N) is 1. The number of benzene rings is 2. The number of carbonyl (C=O) groups is 1. The van der Waals surface area contributed by atoms with Gasteiger partial charge in [0.2, 0.25) is 0 Å². The van der Waals surface area contributed by atoms with Crippen molar-refractivity contribution in [1.82, 2.24) is 0 Å². The zero-order valence-corrected chi connectivity index (χ0v) is 14.7. The molecular weight excluding hydrogens is 389 g/mol. The van der Waals surface area contributed by atoms with E-state index in [0.29, 0.717) is 5.69 Å². The van der Waals surface area contributed by atoms with E-state index >= 15 is 0 Å². The fraction of sp³-hybridized carbons (Fsp3) is 0.133. The van der Waals surface area contributed by atoms with Crippen molar-refractivity contribution in [3.8, 4) is 0 Å². The van der Waals surface area contributed by atoms with Gasteiger partial charge in [-0.3, -0.25) is 4.72 Å². The van der Waals surface area contributed by atoms with Gasteiger partial charge in [0.1, 0.15) is 10.7 Å². The lowest BCUT2D eigenvalue weighted by Gasteiger charge is -2.12. The van der Waals surface area contributed by atoms with Crippen LogP contribution in [0, 0.1) is 12.7 Å². The molecule has 23 heavy (non-hydrogen) atoms. The Hall–Kier alpha value is -1.93. The first kappa shape index (κ1) is 17.4. The van der Waals surface area contributed by atoms with Gasteiger partial charge in [-0.1, -0.05) is 15.9 Å². The second-order valence-corrected chi connectivity index (χ2v) is 7.21. The largest absolute Gasteiger partial charge is 0.465 e. The molecule has 8 heteroatoms. The minimum atomic E-state index is -4.16. The van der Waals surface area contributed by atoms with Gasteiger partial charge in [-0.2, -0.15) is 0 Å². The zero-order chi connectivity index (χ0) is 17.2. The van der Waals surface area contributed by atoms with Crippen LogP contribution in [0.3, 0.4) is 0 Å². The molecule has 0 bridgehead atoms. The van der Waals surface area contributed by atoms with E-state index in [0.717, 1.165) is 35.3 Å². The topological polar surface area (TPSA) is 72.5 Å². The molecule has 0 radical (unpaired) electrons. The molecule has 0 atom stereocenters. The number of hydrogen-bond acceptors (Lipinski definition) is 4. The number of hydrogen-bond donors (Lipinski definition) is 1. The number of anilines is 1. The Labute approximate surface area is 141 Å². The number of aryl methyl sites for hydroxylation is 1. The van der Waals surface area contributed by atoms with Crippen molar-refractivity contribution >= 4 is 37.6 Å². The first-order valence-corrected chi connectivity index (χ1v) is 8.69. The van der Waals surface area contributed by atoms with Gasteiger partial charge < -0.3 is 4.74 Å². The first-order chi connectivity index (χ1) is 10.7. The Morgan fingerprint density at radius 2 is 1.91 bits per heavy atom. The highest BCUT2D eigenvalue weighted by Gasteiger charge is 2.24. The van der Waals surface area contributed by atoms with Gasteiger partial charge in [-0.25, -0.2) is 17.6 Å². The molecule has 0 amide bonds. The van der Waals surface area contributed by atoms with Crippen LogP contribution in [0.4, 0.5) is 10.1 Å². The minimum Gasteiger partial charge on any atom is -0.465 e. The molecule has 0 fully saturated rings. The SMILES string of the molecule is COC(=O)c1ccc(F)cc1S(=O)(=O)Nc1ccc(Br)c(C)c1. The maximum atomic E-state index is 13.5. The van der Waals surface area contributed by atoms with E-state index < -0.39 is 26.7 Å². The maximum Gasteiger partial charge on any atom is 0.339 e. The normalized spacial score (nSPS) is 11.1. The third-order valence-electron chi connectivity index (χ3n) is 3.05. The van der Waals surface area contributed by atoms with Crippen molar-refractivity contribution in [3.05, 3.63) is 57.8 Å². The van der Waals surface area contributed by atoms with Crippen molar-refractivity contribution < 1.29 is 22.3 Å². The summed E-state index contributed by atoms with van der Waals surface area (Å²) in [7, 11) is -3.04. The summed E-state index contributed by atoms with van der Waals surface area (Å²) in [6.07, 6.45) is 0. The Balaban J connectivity index is 2.48. The third kappa shape index (κ3) is 3.89. The van der Waals surface area contributed by atoms with Crippen LogP contribution in [0.5, 0.6) is 0 Å². The highest BCUT2D eigenvalue weighted by atomic mass is 79.9. The molecule has 2 rings (SSSR count). The molecule has 0 aromatic heterocycles. The molecule has 122 valence electrons. The molecule has 0 saturated heterocycles. The fourth-order valence-electron chi connectivity index (χ4n) is 1.92. The van der Waals surface area contributed by atoms with E-state index in [1.54, 1.807) is 25.1 Å². The predicted molar refractivity (Wildman–Crippen MR) is 87.4 cm³/mol. The molecule has 0 aliphatic heterocycles. The Kier molecular flexibility index (Phi) is 5.06. The Morgan fingerprint density at radius 3 is 2.52 bits per heavy atom. The van der Waals surface area contributed by atoms with Crippen molar-refractivity contribution in [2.75, 3.05) is 11.8 Å². The highest BCUT2D eigenvalue weighted by molar-refractivity contribution is 9.10. The maximum absolute atomic E-state index is 13.5. The van der Waals surface area contributed by atoms with E-state index in [9.17, 15) is 17.6 Å². The molecule has 2 aromatic carbocycles. The molecular formula is C15H13BrFNO4S. The molecule has 0 unspecified atom stereocenters. The first-order valence-electron chi connectivity index (χ1n) is 6.41. The smallest absolute Gasteiger partial charge is 0.339 e. The number of esters is 1. The average molecular weight is 402 g/mol. The van der Waals surface area contributed by atoms with Gasteiger partial charge in [0.25, 0.3) is 10.0 Å². The second kappa shape index (κ2) is 6.67. The molecule has 2 aromatic rings. The summed E-state index contributed by atoms with van der Waals surface area (Å²) in [4.78, 5) is 11.2. The summed E-state index contributed by atoms with van der Waals surface area (Å²) in [6, 6.07) is 7.68. The lowest BCUT2D eigenvalue weighted by molar-refractivity contribution is 0.0596. The van der Waals surface area contributed by atoms with E-state index in [2.05, 4.69) is 25.4 Å². The van der Waals surface area contributed by atoms with Crippen LogP contribution in [-0.2, 0) is 14.8 Å². The van der Waals surface area contributed by atoms with Crippen molar-refractivity contribution in [2.24, 2.45) is 0 Å². The zero-order valence-electron chi connectivity index (χ0n) is 12.3. The lowest BCUT2D eigenvalue weighted by atomic mass is 10.2. The molecule has 5 nitrogen and oxygen atoms in total. The summed E-state index contributed by atoms with van der Waals surface area (Å²) in [5, 5.41) is 0. The third-order valence-corrected chi connectivity index (χ3v) is 5.36. The van der Waals surface area contributed by atoms with Crippen molar-refractivity contribution in [2.45, 2.75) is 11.8 Å². The molecule has 1 N–H and O–H groups in total. The number of carbonyl (C=O) groups excluding carboxylic acids is 1. The van der Waals surface area contributed by atoms with Crippen LogP contribution >= 0.6 is 15.9 Å². The lowest BCUT2D eigenvalue weighted by Crippen LogP contribution is -2.18. The number of ether oxygens (including phenoxy) is 1. The van der Waals surface area contributed by atoms with Gasteiger partial charge in [-0.05, 0) is 48.9 Å². The molecule has 0 aliphatic carbocycles. The summed E-state index contributed by atoms with van der Waals surface area (Å²) in [5.74, 6) is -1.64. The van der Waals surface area contributed by atoms with E-state index in [4.69, 9.17) is 0 Å². The molecule has 0 spiro atoms. The van der Waals surface area contributed by atoms with E-state index in [-0.39, 0.29) is 5.56 Å². The van der Waals surface area contributed by atoms with E-state index in [1.807, 2.05) is 0 Å². The predicted octanol–water partition coefficient (Wildman–Crippen LogP) is 3.48. The van der Waals surface area contributed by atoms with Crippen molar-refractivity contribution in [3.63, 3.8) is 0 Å². The fourth-order valence-corrected chi connectivity index (χ4v) is 3.42. The van der Waals surface area contributed by atoms with Crippen LogP contribution in [-0.4, -0.2) is 21.5 Å². The van der Waals surface area contributed by atoms with Crippen LogP contribution in [0.25, 0.3) is 0 Å². The minimum absolute atomic E-state index is 0.241. The summed E-state index contributed by atoms with van der Waals surface area (Å²) >= 11 is 3.32.